The first-order chi connectivity index (χ1) is 14.0. The number of amides is 1. The van der Waals surface area contributed by atoms with Gasteiger partial charge in [0.25, 0.3) is 0 Å². The van der Waals surface area contributed by atoms with Crippen LogP contribution in [0.15, 0.2) is 41.5 Å². The van der Waals surface area contributed by atoms with Gasteiger partial charge in [0.2, 0.25) is 5.91 Å². The first-order valence-electron chi connectivity index (χ1n) is 10.3. The Kier molecular flexibility index (Phi) is 5.51. The van der Waals surface area contributed by atoms with Gasteiger partial charge in [-0.25, -0.2) is 0 Å². The molecule has 0 radical (unpaired) electrons. The molecule has 154 valence electrons. The third-order valence-electron chi connectivity index (χ3n) is 6.11. The number of aromatic nitrogens is 2. The molecule has 2 bridgehead atoms. The van der Waals surface area contributed by atoms with Gasteiger partial charge in [-0.05, 0) is 43.4 Å². The van der Waals surface area contributed by atoms with Gasteiger partial charge in [-0.15, -0.1) is 0 Å². The number of hydrogen-bond donors (Lipinski definition) is 0. The fourth-order valence-corrected chi connectivity index (χ4v) is 4.70. The maximum atomic E-state index is 12.7. The maximum absolute atomic E-state index is 12.7. The minimum atomic E-state index is -0.619. The molecule has 0 spiro atoms. The summed E-state index contributed by atoms with van der Waals surface area (Å²) in [7, 11) is 0. The Labute approximate surface area is 168 Å². The van der Waals surface area contributed by atoms with Crippen molar-refractivity contribution in [3.8, 4) is 0 Å². The molecule has 4 heterocycles. The molecule has 29 heavy (non-hydrogen) atoms. The number of pyridine rings is 1. The summed E-state index contributed by atoms with van der Waals surface area (Å²) in [6.45, 7) is 2.66. The largest absolute Gasteiger partial charge is 0.354 e. The van der Waals surface area contributed by atoms with E-state index in [0.717, 1.165) is 37.9 Å². The van der Waals surface area contributed by atoms with E-state index in [-0.39, 0.29) is 23.4 Å². The second kappa shape index (κ2) is 8.23. The number of fused-ring (bicyclic) bond motifs is 4. The van der Waals surface area contributed by atoms with Gasteiger partial charge in [-0.3, -0.25) is 19.7 Å². The second-order valence-corrected chi connectivity index (χ2v) is 8.15. The molecule has 8 nitrogen and oxygen atoms in total. The van der Waals surface area contributed by atoms with Crippen LogP contribution in [0.5, 0.6) is 0 Å². The minimum absolute atomic E-state index is 0.0775. The van der Waals surface area contributed by atoms with Crippen molar-refractivity contribution >= 4 is 11.6 Å². The van der Waals surface area contributed by atoms with Crippen LogP contribution in [0.2, 0.25) is 0 Å². The van der Waals surface area contributed by atoms with Gasteiger partial charge >= 0.3 is 11.2 Å². The van der Waals surface area contributed by atoms with Crippen LogP contribution in [0, 0.1) is 16.0 Å². The van der Waals surface area contributed by atoms with E-state index in [4.69, 9.17) is 0 Å². The molecule has 2 aliphatic heterocycles. The van der Waals surface area contributed by atoms with Crippen molar-refractivity contribution in [2.75, 3.05) is 13.1 Å². The van der Waals surface area contributed by atoms with Crippen LogP contribution in [0.1, 0.15) is 43.7 Å². The predicted molar refractivity (Wildman–Crippen MR) is 108 cm³/mol. The van der Waals surface area contributed by atoms with Crippen LogP contribution in [-0.2, 0) is 17.9 Å². The fourth-order valence-electron chi connectivity index (χ4n) is 4.70. The molecular weight excluding hydrogens is 372 g/mol. The van der Waals surface area contributed by atoms with Gasteiger partial charge in [0.15, 0.2) is 0 Å². The molecule has 4 rings (SSSR count). The number of carbonyl (C=O) groups is 1. The Morgan fingerprint density at radius 2 is 1.90 bits per heavy atom. The third-order valence-corrected chi connectivity index (χ3v) is 6.11. The Balaban J connectivity index is 1.33. The molecule has 2 aromatic rings. The van der Waals surface area contributed by atoms with Crippen LogP contribution < -0.4 is 5.56 Å². The minimum Gasteiger partial charge on any atom is -0.354 e. The van der Waals surface area contributed by atoms with E-state index < -0.39 is 10.5 Å². The summed E-state index contributed by atoms with van der Waals surface area (Å²) in [5.41, 5.74) is -0.0766. The number of nitro groups is 1. The summed E-state index contributed by atoms with van der Waals surface area (Å²) in [6.07, 6.45) is 8.55. The smallest absolute Gasteiger partial charge is 0.334 e. The zero-order valence-electron chi connectivity index (χ0n) is 16.4. The SMILES string of the molecule is O=C(CCCCCn1cccc1)N1CC2CC(C1)c1ccc([N+](=O)[O-])c(=O)n1C2. The predicted octanol–water partition coefficient (Wildman–Crippen LogP) is 2.76. The Hall–Kier alpha value is -2.90. The van der Waals surface area contributed by atoms with Crippen LogP contribution >= 0.6 is 0 Å². The van der Waals surface area contributed by atoms with Crippen LogP contribution in [0.4, 0.5) is 5.69 Å². The monoisotopic (exact) mass is 398 g/mol. The summed E-state index contributed by atoms with van der Waals surface area (Å²) >= 11 is 0. The third kappa shape index (κ3) is 4.11. The molecule has 2 aliphatic rings. The summed E-state index contributed by atoms with van der Waals surface area (Å²) in [5.74, 6) is 0.436. The lowest BCUT2D eigenvalue weighted by molar-refractivity contribution is -0.386. The zero-order chi connectivity index (χ0) is 20.4. The molecule has 0 N–H and O–H groups in total. The van der Waals surface area contributed by atoms with Gasteiger partial charge in [-0.2, -0.15) is 0 Å². The standard InChI is InChI=1S/C21H26N4O4/c26-20(6-2-1-3-9-22-10-4-5-11-22)23-13-16-12-17(15-23)18-7-8-19(25(28)29)21(27)24(18)14-16/h4-5,7-8,10-11,16-17H,1-3,6,9,12-15H2. The lowest BCUT2D eigenvalue weighted by Gasteiger charge is -2.42. The number of carbonyl (C=O) groups excluding carboxylic acids is 1. The highest BCUT2D eigenvalue weighted by atomic mass is 16.6. The molecule has 1 amide bonds. The highest BCUT2D eigenvalue weighted by molar-refractivity contribution is 5.76. The van der Waals surface area contributed by atoms with E-state index >= 15 is 0 Å². The Morgan fingerprint density at radius 3 is 2.66 bits per heavy atom. The number of piperidine rings is 1. The Bertz CT molecular complexity index is 950. The highest BCUT2D eigenvalue weighted by Gasteiger charge is 2.37. The lowest BCUT2D eigenvalue weighted by Crippen LogP contribution is -2.49. The second-order valence-electron chi connectivity index (χ2n) is 8.15. The van der Waals surface area contributed by atoms with Crippen molar-refractivity contribution in [3.05, 3.63) is 62.8 Å². The normalized spacial score (nSPS) is 20.3. The average Bonchev–Trinajstić information content (AvgIpc) is 3.21. The van der Waals surface area contributed by atoms with E-state index in [9.17, 15) is 19.7 Å². The van der Waals surface area contributed by atoms with Gasteiger partial charge in [0.1, 0.15) is 0 Å². The Morgan fingerprint density at radius 1 is 1.10 bits per heavy atom. The molecule has 8 heteroatoms. The van der Waals surface area contributed by atoms with Crippen LogP contribution in [0.25, 0.3) is 0 Å². The van der Waals surface area contributed by atoms with Crippen molar-refractivity contribution < 1.29 is 9.72 Å². The number of likely N-dealkylation sites (tertiary alicyclic amines) is 1. The van der Waals surface area contributed by atoms with Crippen molar-refractivity contribution in [2.24, 2.45) is 5.92 Å². The van der Waals surface area contributed by atoms with Gasteiger partial charge in [0.05, 0.1) is 4.92 Å². The van der Waals surface area contributed by atoms with Gasteiger partial charge in [-0.1, -0.05) is 6.42 Å². The lowest BCUT2D eigenvalue weighted by atomic mass is 9.83. The maximum Gasteiger partial charge on any atom is 0.334 e. The van der Waals surface area contributed by atoms with Crippen molar-refractivity contribution in [2.45, 2.75) is 51.1 Å². The summed E-state index contributed by atoms with van der Waals surface area (Å²) in [6, 6.07) is 7.03. The van der Waals surface area contributed by atoms with Gasteiger partial charge < -0.3 is 14.0 Å². The summed E-state index contributed by atoms with van der Waals surface area (Å²) < 4.78 is 3.71. The quantitative estimate of drug-likeness (QED) is 0.407. The number of rotatable bonds is 7. The molecule has 0 saturated carbocycles. The number of unbranched alkanes of at least 4 members (excludes halogenated alkanes) is 2. The highest BCUT2D eigenvalue weighted by Crippen LogP contribution is 2.35. The number of aryl methyl sites for hydroxylation is 1. The molecule has 0 aliphatic carbocycles. The van der Waals surface area contributed by atoms with Crippen LogP contribution in [0.3, 0.4) is 0 Å². The number of nitrogens with zero attached hydrogens (tertiary/aromatic N) is 4. The van der Waals surface area contributed by atoms with Crippen molar-refractivity contribution in [1.82, 2.24) is 14.0 Å². The molecule has 2 aromatic heterocycles. The van der Waals surface area contributed by atoms with Crippen molar-refractivity contribution in [3.63, 3.8) is 0 Å². The molecule has 2 unspecified atom stereocenters. The van der Waals surface area contributed by atoms with E-state index in [2.05, 4.69) is 17.0 Å². The van der Waals surface area contributed by atoms with E-state index in [1.807, 2.05) is 17.0 Å². The first-order valence-corrected chi connectivity index (χ1v) is 10.3. The molecule has 2 atom stereocenters. The van der Waals surface area contributed by atoms with E-state index in [0.29, 0.717) is 26.1 Å². The van der Waals surface area contributed by atoms with Crippen LogP contribution in [-0.4, -0.2) is 38.0 Å². The molecule has 1 saturated heterocycles. The summed E-state index contributed by atoms with van der Waals surface area (Å²) in [5, 5.41) is 11.0. The molecule has 1 fully saturated rings. The van der Waals surface area contributed by atoms with Crippen molar-refractivity contribution in [1.29, 1.82) is 0 Å². The van der Waals surface area contributed by atoms with E-state index in [1.54, 1.807) is 10.6 Å². The van der Waals surface area contributed by atoms with Gasteiger partial charge in [0, 0.05) is 62.7 Å². The van der Waals surface area contributed by atoms with E-state index in [1.165, 1.54) is 6.07 Å². The first kappa shape index (κ1) is 19.4. The molecule has 0 aromatic carbocycles. The fraction of sp³-hybridized carbons (Fsp3) is 0.524. The number of hydrogen-bond acceptors (Lipinski definition) is 4. The average molecular weight is 398 g/mol. The zero-order valence-corrected chi connectivity index (χ0v) is 16.4. The molecular formula is C21H26N4O4. The summed E-state index contributed by atoms with van der Waals surface area (Å²) in [4.78, 5) is 37.5. The topological polar surface area (TPSA) is 90.4 Å².